The molecule has 1 amide bonds. The fourth-order valence-electron chi connectivity index (χ4n) is 2.81. The second kappa shape index (κ2) is 7.00. The Kier molecular flexibility index (Phi) is 4.80. The molecule has 0 aromatic heterocycles. The molecule has 0 saturated carbocycles. The molecule has 24 heavy (non-hydrogen) atoms. The van der Waals surface area contributed by atoms with Crippen LogP contribution >= 0.6 is 0 Å². The maximum atomic E-state index is 12.4. The normalized spacial score (nSPS) is 17.4. The summed E-state index contributed by atoms with van der Waals surface area (Å²) >= 11 is 0. The van der Waals surface area contributed by atoms with E-state index < -0.39 is 0 Å². The van der Waals surface area contributed by atoms with Crippen molar-refractivity contribution in [2.24, 2.45) is 0 Å². The van der Waals surface area contributed by atoms with E-state index >= 15 is 0 Å². The first kappa shape index (κ1) is 16.4. The molecule has 2 heterocycles. The van der Waals surface area contributed by atoms with Crippen LogP contribution in [-0.4, -0.2) is 69.9 Å². The Bertz CT molecular complexity index is 651. The number of rotatable bonds is 4. The van der Waals surface area contributed by atoms with Crippen molar-refractivity contribution in [2.75, 3.05) is 54.2 Å². The SMILES string of the molecule is COc1cc(C=CC(=O)N2CCN(C)CC2)c(OC)c2c1OCO2. The highest BCUT2D eigenvalue weighted by Crippen LogP contribution is 2.49. The molecule has 2 aliphatic heterocycles. The number of hydrogen-bond donors (Lipinski definition) is 0. The molecular formula is C17H22N2O5. The molecule has 0 bridgehead atoms. The van der Waals surface area contributed by atoms with Gasteiger partial charge in [-0.15, -0.1) is 0 Å². The molecule has 1 aromatic rings. The average Bonchev–Trinajstić information content (AvgIpc) is 3.08. The lowest BCUT2D eigenvalue weighted by Gasteiger charge is -2.31. The van der Waals surface area contributed by atoms with Gasteiger partial charge in [-0.2, -0.15) is 0 Å². The van der Waals surface area contributed by atoms with Crippen LogP contribution in [0, 0.1) is 0 Å². The minimum atomic E-state index is -0.0122. The van der Waals surface area contributed by atoms with Gasteiger partial charge in [0, 0.05) is 37.8 Å². The minimum Gasteiger partial charge on any atom is -0.493 e. The topological polar surface area (TPSA) is 60.5 Å². The van der Waals surface area contributed by atoms with Crippen LogP contribution in [-0.2, 0) is 4.79 Å². The Morgan fingerprint density at radius 1 is 1.12 bits per heavy atom. The zero-order valence-corrected chi connectivity index (χ0v) is 14.2. The van der Waals surface area contributed by atoms with E-state index in [0.29, 0.717) is 28.6 Å². The smallest absolute Gasteiger partial charge is 0.246 e. The van der Waals surface area contributed by atoms with E-state index in [-0.39, 0.29) is 12.7 Å². The quantitative estimate of drug-likeness (QED) is 0.772. The van der Waals surface area contributed by atoms with Gasteiger partial charge in [0.25, 0.3) is 0 Å². The maximum Gasteiger partial charge on any atom is 0.246 e. The molecular weight excluding hydrogens is 312 g/mol. The summed E-state index contributed by atoms with van der Waals surface area (Å²) in [5, 5.41) is 0. The number of ether oxygens (including phenoxy) is 4. The van der Waals surface area contributed by atoms with E-state index in [1.807, 2.05) is 4.90 Å². The van der Waals surface area contributed by atoms with Crippen molar-refractivity contribution in [3.63, 3.8) is 0 Å². The Morgan fingerprint density at radius 2 is 1.83 bits per heavy atom. The van der Waals surface area contributed by atoms with E-state index in [1.54, 1.807) is 32.4 Å². The Labute approximate surface area is 141 Å². The highest BCUT2D eigenvalue weighted by Gasteiger charge is 2.26. The van der Waals surface area contributed by atoms with Crippen LogP contribution in [0.5, 0.6) is 23.0 Å². The van der Waals surface area contributed by atoms with Crippen LogP contribution in [0.3, 0.4) is 0 Å². The molecule has 1 saturated heterocycles. The summed E-state index contributed by atoms with van der Waals surface area (Å²) in [6.45, 7) is 3.37. The first-order valence-corrected chi connectivity index (χ1v) is 7.84. The lowest BCUT2D eigenvalue weighted by Crippen LogP contribution is -2.46. The number of nitrogens with zero attached hydrogens (tertiary/aromatic N) is 2. The van der Waals surface area contributed by atoms with Gasteiger partial charge in [0.1, 0.15) is 0 Å². The number of benzene rings is 1. The van der Waals surface area contributed by atoms with Gasteiger partial charge in [-0.05, 0) is 19.2 Å². The Morgan fingerprint density at radius 3 is 2.50 bits per heavy atom. The third-order valence-corrected chi connectivity index (χ3v) is 4.24. The monoisotopic (exact) mass is 334 g/mol. The third kappa shape index (κ3) is 3.12. The van der Waals surface area contributed by atoms with Crippen LogP contribution in [0.1, 0.15) is 5.56 Å². The molecule has 1 fully saturated rings. The fourth-order valence-corrected chi connectivity index (χ4v) is 2.81. The van der Waals surface area contributed by atoms with E-state index in [4.69, 9.17) is 18.9 Å². The van der Waals surface area contributed by atoms with E-state index in [0.717, 1.165) is 26.2 Å². The van der Waals surface area contributed by atoms with Crippen LogP contribution in [0.15, 0.2) is 12.1 Å². The third-order valence-electron chi connectivity index (χ3n) is 4.24. The predicted octanol–water partition coefficient (Wildman–Crippen LogP) is 1.22. The van der Waals surface area contributed by atoms with Crippen molar-refractivity contribution >= 4 is 12.0 Å². The lowest BCUT2D eigenvalue weighted by atomic mass is 10.1. The summed E-state index contributed by atoms with van der Waals surface area (Å²) in [6.07, 6.45) is 3.29. The zero-order chi connectivity index (χ0) is 17.1. The van der Waals surface area contributed by atoms with Crippen molar-refractivity contribution in [3.8, 4) is 23.0 Å². The highest BCUT2D eigenvalue weighted by atomic mass is 16.7. The lowest BCUT2D eigenvalue weighted by molar-refractivity contribution is -0.127. The average molecular weight is 334 g/mol. The summed E-state index contributed by atoms with van der Waals surface area (Å²) in [4.78, 5) is 16.4. The van der Waals surface area contributed by atoms with Gasteiger partial charge in [0.05, 0.1) is 14.2 Å². The van der Waals surface area contributed by atoms with Gasteiger partial charge >= 0.3 is 0 Å². The van der Waals surface area contributed by atoms with E-state index in [9.17, 15) is 4.79 Å². The number of piperazine rings is 1. The molecule has 0 N–H and O–H groups in total. The number of likely N-dealkylation sites (N-methyl/N-ethyl adjacent to an activating group) is 1. The van der Waals surface area contributed by atoms with Crippen LogP contribution in [0.25, 0.3) is 6.08 Å². The molecule has 130 valence electrons. The van der Waals surface area contributed by atoms with Gasteiger partial charge in [0.15, 0.2) is 11.5 Å². The molecule has 3 rings (SSSR count). The molecule has 0 spiro atoms. The van der Waals surface area contributed by atoms with Crippen LogP contribution < -0.4 is 18.9 Å². The molecule has 0 unspecified atom stereocenters. The molecule has 0 aliphatic carbocycles. The second-order valence-corrected chi connectivity index (χ2v) is 5.73. The van der Waals surface area contributed by atoms with Gasteiger partial charge < -0.3 is 28.7 Å². The molecule has 1 aromatic carbocycles. The molecule has 2 aliphatic rings. The van der Waals surface area contributed by atoms with Crippen molar-refractivity contribution in [2.45, 2.75) is 0 Å². The predicted molar refractivity (Wildman–Crippen MR) is 88.8 cm³/mol. The van der Waals surface area contributed by atoms with Gasteiger partial charge in [-0.1, -0.05) is 0 Å². The number of fused-ring (bicyclic) bond motifs is 1. The minimum absolute atomic E-state index is 0.0122. The van der Waals surface area contributed by atoms with Crippen molar-refractivity contribution in [1.82, 2.24) is 9.80 Å². The van der Waals surface area contributed by atoms with Crippen molar-refractivity contribution < 1.29 is 23.7 Å². The molecule has 7 nitrogen and oxygen atoms in total. The number of carbonyl (C=O) groups is 1. The van der Waals surface area contributed by atoms with Crippen molar-refractivity contribution in [1.29, 1.82) is 0 Å². The molecule has 0 radical (unpaired) electrons. The summed E-state index contributed by atoms with van der Waals surface area (Å²) in [6, 6.07) is 1.78. The van der Waals surface area contributed by atoms with E-state index in [1.165, 1.54) is 0 Å². The highest BCUT2D eigenvalue weighted by molar-refractivity contribution is 5.92. The summed E-state index contributed by atoms with van der Waals surface area (Å²) in [5.41, 5.74) is 0.709. The number of amides is 1. The Balaban J connectivity index is 1.83. The first-order valence-electron chi connectivity index (χ1n) is 7.84. The van der Waals surface area contributed by atoms with Crippen LogP contribution in [0.4, 0.5) is 0 Å². The summed E-state index contributed by atoms with van der Waals surface area (Å²) in [5.74, 6) is 2.10. The standard InChI is InChI=1S/C17H22N2O5/c1-18-6-8-19(9-7-18)14(20)5-4-12-10-13(21-2)16-17(15(12)22-3)24-11-23-16/h4-5,10H,6-9,11H2,1-3H3. The summed E-state index contributed by atoms with van der Waals surface area (Å²) < 4.78 is 21.7. The largest absolute Gasteiger partial charge is 0.493 e. The van der Waals surface area contributed by atoms with Gasteiger partial charge in [0.2, 0.25) is 24.2 Å². The number of methoxy groups -OCH3 is 2. The zero-order valence-electron chi connectivity index (χ0n) is 14.2. The molecule has 7 heteroatoms. The Hall–Kier alpha value is -2.41. The molecule has 0 atom stereocenters. The number of carbonyl (C=O) groups excluding carboxylic acids is 1. The summed E-state index contributed by atoms with van der Waals surface area (Å²) in [7, 11) is 5.18. The second-order valence-electron chi connectivity index (χ2n) is 5.73. The first-order chi connectivity index (χ1) is 11.6. The van der Waals surface area contributed by atoms with E-state index in [2.05, 4.69) is 11.9 Å². The van der Waals surface area contributed by atoms with Gasteiger partial charge in [-0.25, -0.2) is 0 Å². The van der Waals surface area contributed by atoms with Crippen LogP contribution in [0.2, 0.25) is 0 Å². The van der Waals surface area contributed by atoms with Crippen molar-refractivity contribution in [3.05, 3.63) is 17.7 Å². The van der Waals surface area contributed by atoms with Gasteiger partial charge in [-0.3, -0.25) is 4.79 Å². The fraction of sp³-hybridized carbons (Fsp3) is 0.471. The maximum absolute atomic E-state index is 12.4. The number of hydrogen-bond acceptors (Lipinski definition) is 6.